The lowest BCUT2D eigenvalue weighted by atomic mass is 10.1. The van der Waals surface area contributed by atoms with Gasteiger partial charge in [-0.05, 0) is 43.2 Å². The maximum Gasteiger partial charge on any atom is 0.263 e. The Morgan fingerprint density at radius 1 is 1.26 bits per heavy atom. The highest BCUT2D eigenvalue weighted by Gasteiger charge is 2.17. The molecule has 1 aromatic heterocycles. The average molecular weight is 297 g/mol. The van der Waals surface area contributed by atoms with Crippen LogP contribution in [0.15, 0.2) is 41.6 Å². The third kappa shape index (κ3) is 3.05. The molecule has 1 heterocycles. The fraction of sp³-hybridized carbons (Fsp3) is 0.154. The van der Waals surface area contributed by atoms with E-state index in [1.807, 2.05) is 13.0 Å². The van der Waals surface area contributed by atoms with Crippen molar-refractivity contribution in [3.63, 3.8) is 0 Å². The lowest BCUT2D eigenvalue weighted by Gasteiger charge is -2.12. The Labute approximate surface area is 117 Å². The van der Waals surface area contributed by atoms with Gasteiger partial charge in [-0.15, -0.1) is 0 Å². The fourth-order valence-electron chi connectivity index (χ4n) is 1.74. The average Bonchev–Trinajstić information content (AvgIpc) is 2.35. The molecule has 0 aliphatic carbocycles. The lowest BCUT2D eigenvalue weighted by molar-refractivity contribution is 0.601. The Morgan fingerprint density at radius 3 is 2.58 bits per heavy atom. The van der Waals surface area contributed by atoms with Crippen molar-refractivity contribution in [2.75, 3.05) is 4.72 Å². The minimum atomic E-state index is -3.67. The van der Waals surface area contributed by atoms with Crippen molar-refractivity contribution in [2.24, 2.45) is 0 Å². The topological polar surface area (TPSA) is 59.1 Å². The van der Waals surface area contributed by atoms with Gasteiger partial charge in [-0.3, -0.25) is 9.71 Å². The zero-order valence-electron chi connectivity index (χ0n) is 10.5. The molecule has 0 aliphatic heterocycles. The maximum atomic E-state index is 12.2. The molecule has 0 saturated carbocycles. The number of rotatable bonds is 3. The van der Waals surface area contributed by atoms with Gasteiger partial charge < -0.3 is 0 Å². The molecule has 0 unspecified atom stereocenters. The van der Waals surface area contributed by atoms with E-state index in [4.69, 9.17) is 11.6 Å². The van der Waals surface area contributed by atoms with Crippen molar-refractivity contribution in [1.29, 1.82) is 0 Å². The van der Waals surface area contributed by atoms with E-state index in [0.717, 1.165) is 11.1 Å². The van der Waals surface area contributed by atoms with Crippen LogP contribution in [0.4, 0.5) is 5.69 Å². The van der Waals surface area contributed by atoms with Crippen LogP contribution in [0.25, 0.3) is 0 Å². The Kier molecular flexibility index (Phi) is 3.78. The fourth-order valence-corrected chi connectivity index (χ4v) is 3.28. The van der Waals surface area contributed by atoms with Gasteiger partial charge in [0.25, 0.3) is 10.0 Å². The Morgan fingerprint density at radius 2 is 2.00 bits per heavy atom. The molecule has 19 heavy (non-hydrogen) atoms. The first kappa shape index (κ1) is 13.8. The Hall–Kier alpha value is -1.59. The highest BCUT2D eigenvalue weighted by Crippen LogP contribution is 2.29. The number of benzene rings is 1. The number of aryl methyl sites for hydroxylation is 2. The second-order valence-electron chi connectivity index (χ2n) is 4.23. The van der Waals surface area contributed by atoms with Crippen molar-refractivity contribution >= 4 is 27.3 Å². The zero-order chi connectivity index (χ0) is 14.0. The normalized spacial score (nSPS) is 11.3. The first-order valence-corrected chi connectivity index (χ1v) is 7.46. The number of nitrogens with zero attached hydrogens (tertiary/aromatic N) is 1. The predicted molar refractivity (Wildman–Crippen MR) is 76.0 cm³/mol. The third-order valence-electron chi connectivity index (χ3n) is 2.61. The largest absolute Gasteiger partial charge is 0.278 e. The summed E-state index contributed by atoms with van der Waals surface area (Å²) in [5, 5.41) is 0.380. The highest BCUT2D eigenvalue weighted by atomic mass is 35.5. The molecule has 100 valence electrons. The van der Waals surface area contributed by atoms with Gasteiger partial charge >= 0.3 is 0 Å². The summed E-state index contributed by atoms with van der Waals surface area (Å²) >= 11 is 6.09. The van der Waals surface area contributed by atoms with E-state index in [1.54, 1.807) is 19.1 Å². The molecule has 2 rings (SSSR count). The molecule has 1 N–H and O–H groups in total. The van der Waals surface area contributed by atoms with Crippen LogP contribution < -0.4 is 4.72 Å². The summed E-state index contributed by atoms with van der Waals surface area (Å²) in [7, 11) is -3.67. The monoisotopic (exact) mass is 296 g/mol. The molecule has 4 nitrogen and oxygen atoms in total. The van der Waals surface area contributed by atoms with Gasteiger partial charge in [0.1, 0.15) is 4.90 Å². The van der Waals surface area contributed by atoms with Crippen LogP contribution in [0.2, 0.25) is 5.02 Å². The maximum absolute atomic E-state index is 12.2. The minimum absolute atomic E-state index is 0.103. The van der Waals surface area contributed by atoms with Gasteiger partial charge in [-0.2, -0.15) is 0 Å². The molecule has 0 amide bonds. The van der Waals surface area contributed by atoms with Gasteiger partial charge in [0, 0.05) is 12.4 Å². The summed E-state index contributed by atoms with van der Waals surface area (Å²) in [5.74, 6) is 0. The van der Waals surface area contributed by atoms with Crippen LogP contribution in [0.1, 0.15) is 11.1 Å². The van der Waals surface area contributed by atoms with E-state index in [2.05, 4.69) is 9.71 Å². The molecule has 6 heteroatoms. The second-order valence-corrected chi connectivity index (χ2v) is 6.32. The van der Waals surface area contributed by atoms with E-state index < -0.39 is 10.0 Å². The summed E-state index contributed by atoms with van der Waals surface area (Å²) in [6, 6.07) is 6.63. The molecule has 0 spiro atoms. The molecule has 0 aliphatic rings. The lowest BCUT2D eigenvalue weighted by Crippen LogP contribution is -2.14. The molecule has 0 bridgehead atoms. The number of hydrogen-bond acceptors (Lipinski definition) is 3. The molecule has 0 fully saturated rings. The van der Waals surface area contributed by atoms with Gasteiger partial charge in [0.05, 0.1) is 10.7 Å². The molecule has 2 aromatic rings. The summed E-state index contributed by atoms with van der Waals surface area (Å²) in [6.07, 6.45) is 2.81. The van der Waals surface area contributed by atoms with Gasteiger partial charge in [0.2, 0.25) is 0 Å². The number of halogens is 1. The first-order chi connectivity index (χ1) is 8.90. The van der Waals surface area contributed by atoms with E-state index in [9.17, 15) is 8.42 Å². The molecule has 0 radical (unpaired) electrons. The van der Waals surface area contributed by atoms with Gasteiger partial charge in [0.15, 0.2) is 0 Å². The van der Waals surface area contributed by atoms with E-state index >= 15 is 0 Å². The quantitative estimate of drug-likeness (QED) is 0.946. The van der Waals surface area contributed by atoms with Crippen LogP contribution in [0.3, 0.4) is 0 Å². The van der Waals surface area contributed by atoms with Crippen molar-refractivity contribution in [1.82, 2.24) is 4.98 Å². The number of pyridine rings is 1. The number of aromatic nitrogens is 1. The molecule has 0 saturated heterocycles. The van der Waals surface area contributed by atoms with Crippen LogP contribution in [-0.4, -0.2) is 13.4 Å². The molecule has 1 aromatic carbocycles. The first-order valence-electron chi connectivity index (χ1n) is 5.60. The Balaban J connectivity index is 2.42. The molecular weight excluding hydrogens is 284 g/mol. The van der Waals surface area contributed by atoms with Crippen molar-refractivity contribution < 1.29 is 8.42 Å². The van der Waals surface area contributed by atoms with Crippen LogP contribution in [0, 0.1) is 13.8 Å². The van der Waals surface area contributed by atoms with E-state index in [1.165, 1.54) is 18.5 Å². The summed E-state index contributed by atoms with van der Waals surface area (Å²) < 4.78 is 26.9. The van der Waals surface area contributed by atoms with Gasteiger partial charge in [-0.1, -0.05) is 17.7 Å². The molecule has 0 atom stereocenters. The minimum Gasteiger partial charge on any atom is -0.278 e. The van der Waals surface area contributed by atoms with E-state index in [-0.39, 0.29) is 4.90 Å². The number of sulfonamides is 1. The zero-order valence-corrected chi connectivity index (χ0v) is 12.1. The van der Waals surface area contributed by atoms with Crippen LogP contribution >= 0.6 is 11.6 Å². The number of nitrogens with one attached hydrogen (secondary N) is 1. The summed E-state index contributed by atoms with van der Waals surface area (Å²) in [5.41, 5.74) is 2.15. The SMILES string of the molecule is Cc1cc(C)c(NS(=O)(=O)c2cccnc2)c(Cl)c1. The predicted octanol–water partition coefficient (Wildman–Crippen LogP) is 3.15. The summed E-state index contributed by atoms with van der Waals surface area (Å²) in [6.45, 7) is 3.71. The Bertz CT molecular complexity index is 677. The van der Waals surface area contributed by atoms with Crippen LogP contribution in [0.5, 0.6) is 0 Å². The summed E-state index contributed by atoms with van der Waals surface area (Å²) in [4.78, 5) is 3.90. The number of anilines is 1. The second kappa shape index (κ2) is 5.19. The van der Waals surface area contributed by atoms with E-state index in [0.29, 0.717) is 10.7 Å². The van der Waals surface area contributed by atoms with Crippen LogP contribution in [-0.2, 0) is 10.0 Å². The van der Waals surface area contributed by atoms with Crippen molar-refractivity contribution in [2.45, 2.75) is 18.7 Å². The van der Waals surface area contributed by atoms with Crippen molar-refractivity contribution in [3.05, 3.63) is 52.8 Å². The number of hydrogen-bond donors (Lipinski definition) is 1. The third-order valence-corrected chi connectivity index (χ3v) is 4.25. The highest BCUT2D eigenvalue weighted by molar-refractivity contribution is 7.92. The molecular formula is C13H13ClN2O2S. The standard InChI is InChI=1S/C13H13ClN2O2S/c1-9-6-10(2)13(12(14)7-9)16-19(17,18)11-4-3-5-15-8-11/h3-8,16H,1-2H3. The van der Waals surface area contributed by atoms with Crippen molar-refractivity contribution in [3.8, 4) is 0 Å². The smallest absolute Gasteiger partial charge is 0.263 e. The van der Waals surface area contributed by atoms with Gasteiger partial charge in [-0.25, -0.2) is 8.42 Å².